The molecule has 0 rings (SSSR count). The van der Waals surface area contributed by atoms with E-state index in [1.54, 1.807) is 0 Å². The molecule has 0 aliphatic heterocycles. The quantitative estimate of drug-likeness (QED) is 0.337. The van der Waals surface area contributed by atoms with Gasteiger partial charge in [0.15, 0.2) is 0 Å². The maximum atomic E-state index is 11.1. The minimum absolute atomic E-state index is 0.0175. The summed E-state index contributed by atoms with van der Waals surface area (Å²) in [5.74, 6) is -0.388. The highest BCUT2D eigenvalue weighted by Gasteiger charge is 2.09. The summed E-state index contributed by atoms with van der Waals surface area (Å²) in [6.07, 6.45) is 5.55. The number of esters is 1. The summed E-state index contributed by atoms with van der Waals surface area (Å²) in [4.78, 5) is 22.2. The summed E-state index contributed by atoms with van der Waals surface area (Å²) < 4.78 is 4.95. The minimum atomic E-state index is -0.370. The second-order valence-electron chi connectivity index (χ2n) is 3.75. The summed E-state index contributed by atoms with van der Waals surface area (Å²) in [6, 6.07) is 0. The molecule has 0 bridgehead atoms. The van der Waals surface area contributed by atoms with Crippen LogP contribution in [0.5, 0.6) is 0 Å². The van der Waals surface area contributed by atoms with Gasteiger partial charge in [-0.05, 0) is 12.8 Å². The van der Waals surface area contributed by atoms with Crippen molar-refractivity contribution in [2.24, 2.45) is 0 Å². The van der Waals surface area contributed by atoms with Crippen molar-refractivity contribution in [2.75, 3.05) is 6.61 Å². The normalized spacial score (nSPS) is 10.0. The number of rotatable bonds is 9. The van der Waals surface area contributed by atoms with Crippen LogP contribution in [0.4, 0.5) is 0 Å². The Morgan fingerprint density at radius 2 is 1.73 bits per heavy atom. The molecule has 0 aromatic heterocycles. The molecule has 0 heterocycles. The van der Waals surface area contributed by atoms with E-state index in [1.807, 2.05) is 6.92 Å². The van der Waals surface area contributed by atoms with Gasteiger partial charge in [-0.25, -0.2) is 0 Å². The zero-order valence-electron chi connectivity index (χ0n) is 9.88. The lowest BCUT2D eigenvalue weighted by molar-refractivity contribution is -0.146. The Kier molecular flexibility index (Phi) is 9.13. The molecule has 0 aromatic carbocycles. The Morgan fingerprint density at radius 3 is 2.33 bits per heavy atom. The number of carbonyl (C=O) groups is 2. The van der Waals surface area contributed by atoms with E-state index in [-0.39, 0.29) is 18.2 Å². The fourth-order valence-corrected chi connectivity index (χ4v) is 1.29. The first kappa shape index (κ1) is 14.1. The van der Waals surface area contributed by atoms with Crippen LogP contribution in [0.15, 0.2) is 0 Å². The smallest absolute Gasteiger partial charge is 0.313 e. The molecular formula is C12H22O3. The molecule has 0 radical (unpaired) electrons. The third-order valence-electron chi connectivity index (χ3n) is 2.13. The third-order valence-corrected chi connectivity index (χ3v) is 2.13. The maximum Gasteiger partial charge on any atom is 0.313 e. The number of hydrogen-bond acceptors (Lipinski definition) is 3. The number of ether oxygens (including phenoxy) is 1. The highest BCUT2D eigenvalue weighted by molar-refractivity contribution is 5.95. The lowest BCUT2D eigenvalue weighted by Gasteiger charge is -2.03. The van der Waals surface area contributed by atoms with E-state index < -0.39 is 0 Å². The first-order valence-corrected chi connectivity index (χ1v) is 5.88. The first-order valence-electron chi connectivity index (χ1n) is 5.88. The van der Waals surface area contributed by atoms with Crippen molar-refractivity contribution in [1.29, 1.82) is 0 Å². The molecule has 0 saturated carbocycles. The predicted molar refractivity (Wildman–Crippen MR) is 59.6 cm³/mol. The molecule has 0 amide bonds. The zero-order valence-corrected chi connectivity index (χ0v) is 9.88. The van der Waals surface area contributed by atoms with Crippen molar-refractivity contribution in [3.8, 4) is 0 Å². The largest absolute Gasteiger partial charge is 0.465 e. The highest BCUT2D eigenvalue weighted by atomic mass is 16.5. The van der Waals surface area contributed by atoms with Crippen LogP contribution in [-0.2, 0) is 14.3 Å². The van der Waals surface area contributed by atoms with Gasteiger partial charge in [0.1, 0.15) is 12.2 Å². The molecular weight excluding hydrogens is 192 g/mol. The van der Waals surface area contributed by atoms with E-state index in [0.29, 0.717) is 13.0 Å². The van der Waals surface area contributed by atoms with Crippen LogP contribution in [-0.4, -0.2) is 18.4 Å². The summed E-state index contributed by atoms with van der Waals surface area (Å²) >= 11 is 0. The summed E-state index contributed by atoms with van der Waals surface area (Å²) in [5.41, 5.74) is 0. The lowest BCUT2D eigenvalue weighted by Crippen LogP contribution is -2.11. The van der Waals surface area contributed by atoms with Gasteiger partial charge in [0, 0.05) is 6.42 Å². The summed E-state index contributed by atoms with van der Waals surface area (Å²) in [6.45, 7) is 4.52. The Bertz CT molecular complexity index is 187. The SMILES string of the molecule is CCCCCCOC(=O)CC(=O)CCC. The molecule has 0 saturated heterocycles. The van der Waals surface area contributed by atoms with Gasteiger partial charge in [-0.3, -0.25) is 9.59 Å². The van der Waals surface area contributed by atoms with E-state index >= 15 is 0 Å². The maximum absolute atomic E-state index is 11.1. The van der Waals surface area contributed by atoms with Gasteiger partial charge in [-0.15, -0.1) is 0 Å². The van der Waals surface area contributed by atoms with Gasteiger partial charge in [0.2, 0.25) is 0 Å². The van der Waals surface area contributed by atoms with Gasteiger partial charge in [-0.2, -0.15) is 0 Å². The van der Waals surface area contributed by atoms with E-state index in [4.69, 9.17) is 4.74 Å². The molecule has 0 atom stereocenters. The average molecular weight is 214 g/mol. The Morgan fingerprint density at radius 1 is 1.00 bits per heavy atom. The molecule has 0 fully saturated rings. The Hall–Kier alpha value is -0.860. The molecule has 3 heteroatoms. The van der Waals surface area contributed by atoms with Crippen LogP contribution in [0.2, 0.25) is 0 Å². The van der Waals surface area contributed by atoms with Crippen molar-refractivity contribution in [2.45, 2.75) is 58.8 Å². The molecule has 88 valence electrons. The zero-order chi connectivity index (χ0) is 11.5. The first-order chi connectivity index (χ1) is 7.20. The standard InChI is InChI=1S/C12H22O3/c1-3-5-6-7-9-15-12(14)10-11(13)8-4-2/h3-10H2,1-2H3. The van der Waals surface area contributed by atoms with Gasteiger partial charge in [0.25, 0.3) is 0 Å². The van der Waals surface area contributed by atoms with Crippen molar-refractivity contribution >= 4 is 11.8 Å². The van der Waals surface area contributed by atoms with Crippen LogP contribution >= 0.6 is 0 Å². The van der Waals surface area contributed by atoms with E-state index in [2.05, 4.69) is 6.92 Å². The Labute approximate surface area is 92.2 Å². The number of unbranched alkanes of at least 4 members (excludes halogenated alkanes) is 3. The average Bonchev–Trinajstić information content (AvgIpc) is 2.17. The molecule has 3 nitrogen and oxygen atoms in total. The molecule has 0 spiro atoms. The fraction of sp³-hybridized carbons (Fsp3) is 0.833. The van der Waals surface area contributed by atoms with Crippen LogP contribution in [0.1, 0.15) is 58.8 Å². The second-order valence-corrected chi connectivity index (χ2v) is 3.75. The van der Waals surface area contributed by atoms with Crippen molar-refractivity contribution < 1.29 is 14.3 Å². The monoisotopic (exact) mass is 214 g/mol. The van der Waals surface area contributed by atoms with Crippen molar-refractivity contribution in [3.05, 3.63) is 0 Å². The number of hydrogen-bond donors (Lipinski definition) is 0. The number of ketones is 1. The lowest BCUT2D eigenvalue weighted by atomic mass is 10.2. The van der Waals surface area contributed by atoms with Crippen molar-refractivity contribution in [3.63, 3.8) is 0 Å². The Balaban J connectivity index is 3.37. The molecule has 0 unspecified atom stereocenters. The van der Waals surface area contributed by atoms with Crippen LogP contribution in [0.25, 0.3) is 0 Å². The topological polar surface area (TPSA) is 43.4 Å². The van der Waals surface area contributed by atoms with E-state index in [9.17, 15) is 9.59 Å². The van der Waals surface area contributed by atoms with Gasteiger partial charge in [-0.1, -0.05) is 33.1 Å². The van der Waals surface area contributed by atoms with Gasteiger partial charge < -0.3 is 4.74 Å². The number of carbonyl (C=O) groups excluding carboxylic acids is 2. The minimum Gasteiger partial charge on any atom is -0.465 e. The van der Waals surface area contributed by atoms with Gasteiger partial charge in [0.05, 0.1) is 6.61 Å². The van der Waals surface area contributed by atoms with E-state index in [0.717, 1.165) is 19.3 Å². The molecule has 0 aromatic rings. The molecule has 0 N–H and O–H groups in total. The molecule has 0 aliphatic rings. The van der Waals surface area contributed by atoms with Crippen LogP contribution in [0.3, 0.4) is 0 Å². The van der Waals surface area contributed by atoms with E-state index in [1.165, 1.54) is 12.8 Å². The summed E-state index contributed by atoms with van der Waals surface area (Å²) in [5, 5.41) is 0. The number of Topliss-reactive ketones (excluding diaryl/α,β-unsaturated/α-hetero) is 1. The second kappa shape index (κ2) is 9.69. The summed E-state index contributed by atoms with van der Waals surface area (Å²) in [7, 11) is 0. The third kappa shape index (κ3) is 9.44. The fourth-order valence-electron chi connectivity index (χ4n) is 1.29. The molecule has 15 heavy (non-hydrogen) atoms. The van der Waals surface area contributed by atoms with Gasteiger partial charge >= 0.3 is 5.97 Å². The highest BCUT2D eigenvalue weighted by Crippen LogP contribution is 2.01. The van der Waals surface area contributed by atoms with Crippen LogP contribution in [0, 0.1) is 0 Å². The predicted octanol–water partition coefficient (Wildman–Crippen LogP) is 2.87. The van der Waals surface area contributed by atoms with Crippen LogP contribution < -0.4 is 0 Å². The van der Waals surface area contributed by atoms with Crippen molar-refractivity contribution in [1.82, 2.24) is 0 Å². The molecule has 0 aliphatic carbocycles.